The van der Waals surface area contributed by atoms with Crippen molar-refractivity contribution < 1.29 is 9.53 Å². The van der Waals surface area contributed by atoms with Gasteiger partial charge in [-0.1, -0.05) is 51.3 Å². The minimum absolute atomic E-state index is 0.0303. The lowest BCUT2D eigenvalue weighted by Crippen LogP contribution is -2.48. The quantitative estimate of drug-likeness (QED) is 0.812. The lowest BCUT2D eigenvalue weighted by atomic mass is 9.78. The largest absolute Gasteiger partial charge is 0.496 e. The smallest absolute Gasteiger partial charge is 0.237 e. The number of para-hydroxylation sites is 1. The van der Waals surface area contributed by atoms with Gasteiger partial charge in [0.15, 0.2) is 0 Å². The predicted molar refractivity (Wildman–Crippen MR) is 93.6 cm³/mol. The molecule has 1 aliphatic rings. The number of benzene rings is 1. The van der Waals surface area contributed by atoms with Crippen LogP contribution in [0.15, 0.2) is 24.3 Å². The number of carbonyl (C=O) groups is 1. The van der Waals surface area contributed by atoms with Gasteiger partial charge in [0.05, 0.1) is 13.2 Å². The standard InChI is InChI=1S/C19H30N2O2/c1-4-14(2)17(20)18(22)21-13-19(11-7-8-12-19)15-9-5-6-10-16(15)23-3/h5-6,9-10,14,17H,4,7-8,11-13,20H2,1-3H3,(H,21,22). The first kappa shape index (κ1) is 17.8. The average molecular weight is 318 g/mol. The van der Waals surface area contributed by atoms with Gasteiger partial charge in [0.1, 0.15) is 5.75 Å². The highest BCUT2D eigenvalue weighted by molar-refractivity contribution is 5.81. The highest BCUT2D eigenvalue weighted by atomic mass is 16.5. The molecule has 1 saturated carbocycles. The topological polar surface area (TPSA) is 64.4 Å². The summed E-state index contributed by atoms with van der Waals surface area (Å²) in [6, 6.07) is 7.73. The molecule has 2 rings (SSSR count). The zero-order chi connectivity index (χ0) is 16.9. The van der Waals surface area contributed by atoms with E-state index in [0.29, 0.717) is 6.54 Å². The Balaban J connectivity index is 2.14. The molecule has 0 bridgehead atoms. The van der Waals surface area contributed by atoms with E-state index in [1.807, 2.05) is 25.1 Å². The first-order chi connectivity index (χ1) is 11.0. The Hall–Kier alpha value is -1.55. The molecule has 1 aromatic rings. The molecule has 0 heterocycles. The number of hydrogen-bond acceptors (Lipinski definition) is 3. The molecule has 4 nitrogen and oxygen atoms in total. The SMILES string of the molecule is CCC(C)C(N)C(=O)NCC1(c2ccccc2OC)CCCC1. The molecule has 23 heavy (non-hydrogen) atoms. The Morgan fingerprint density at radius 1 is 1.35 bits per heavy atom. The number of nitrogens with two attached hydrogens (primary N) is 1. The number of methoxy groups -OCH3 is 1. The number of hydrogen-bond donors (Lipinski definition) is 2. The summed E-state index contributed by atoms with van der Waals surface area (Å²) in [7, 11) is 1.71. The molecular weight excluding hydrogens is 288 g/mol. The number of rotatable bonds is 7. The molecule has 0 spiro atoms. The maximum atomic E-state index is 12.4. The van der Waals surface area contributed by atoms with Crippen molar-refractivity contribution >= 4 is 5.91 Å². The Labute approximate surface area is 139 Å². The summed E-state index contributed by atoms with van der Waals surface area (Å²) in [6.45, 7) is 4.72. The van der Waals surface area contributed by atoms with Gasteiger partial charge in [0, 0.05) is 17.5 Å². The summed E-state index contributed by atoms with van der Waals surface area (Å²) in [5.74, 6) is 1.07. The Kier molecular flexibility index (Phi) is 6.05. The van der Waals surface area contributed by atoms with Crippen molar-refractivity contribution in [1.29, 1.82) is 0 Å². The molecule has 0 aliphatic heterocycles. The van der Waals surface area contributed by atoms with Crippen LogP contribution >= 0.6 is 0 Å². The van der Waals surface area contributed by atoms with E-state index in [0.717, 1.165) is 25.0 Å². The van der Waals surface area contributed by atoms with Crippen molar-refractivity contribution in [2.75, 3.05) is 13.7 Å². The van der Waals surface area contributed by atoms with Crippen LogP contribution in [0.25, 0.3) is 0 Å². The third-order valence-corrected chi connectivity index (χ3v) is 5.40. The Bertz CT molecular complexity index is 524. The van der Waals surface area contributed by atoms with Gasteiger partial charge in [0.25, 0.3) is 0 Å². The van der Waals surface area contributed by atoms with Crippen LogP contribution in [0, 0.1) is 5.92 Å². The summed E-state index contributed by atoms with van der Waals surface area (Å²) in [6.07, 6.45) is 5.43. The van der Waals surface area contributed by atoms with E-state index in [1.165, 1.54) is 18.4 Å². The fourth-order valence-corrected chi connectivity index (χ4v) is 3.56. The van der Waals surface area contributed by atoms with E-state index in [2.05, 4.69) is 18.3 Å². The molecule has 128 valence electrons. The number of carbonyl (C=O) groups excluding carboxylic acids is 1. The molecule has 0 aromatic heterocycles. The molecule has 0 radical (unpaired) electrons. The highest BCUT2D eigenvalue weighted by Gasteiger charge is 2.38. The van der Waals surface area contributed by atoms with Crippen molar-refractivity contribution in [1.82, 2.24) is 5.32 Å². The van der Waals surface area contributed by atoms with Gasteiger partial charge in [-0.2, -0.15) is 0 Å². The third kappa shape index (κ3) is 3.86. The van der Waals surface area contributed by atoms with Crippen LogP contribution in [0.1, 0.15) is 51.5 Å². The van der Waals surface area contributed by atoms with Crippen LogP contribution in [0.3, 0.4) is 0 Å². The maximum absolute atomic E-state index is 12.4. The van der Waals surface area contributed by atoms with E-state index in [9.17, 15) is 4.79 Å². The second kappa shape index (κ2) is 7.82. The van der Waals surface area contributed by atoms with Crippen LogP contribution in [-0.2, 0) is 10.2 Å². The molecule has 3 N–H and O–H groups in total. The van der Waals surface area contributed by atoms with Crippen molar-refractivity contribution in [3.8, 4) is 5.75 Å². The van der Waals surface area contributed by atoms with Gasteiger partial charge in [-0.25, -0.2) is 0 Å². The maximum Gasteiger partial charge on any atom is 0.237 e. The van der Waals surface area contributed by atoms with Crippen molar-refractivity contribution in [3.63, 3.8) is 0 Å². The molecule has 4 heteroatoms. The van der Waals surface area contributed by atoms with Gasteiger partial charge in [-0.05, 0) is 24.8 Å². The molecule has 1 fully saturated rings. The van der Waals surface area contributed by atoms with Crippen LogP contribution in [0.4, 0.5) is 0 Å². The lowest BCUT2D eigenvalue weighted by molar-refractivity contribution is -0.123. The molecule has 1 aromatic carbocycles. The van der Waals surface area contributed by atoms with Gasteiger partial charge in [0.2, 0.25) is 5.91 Å². The van der Waals surface area contributed by atoms with Gasteiger partial charge in [-0.3, -0.25) is 4.79 Å². The van der Waals surface area contributed by atoms with Gasteiger partial charge >= 0.3 is 0 Å². The van der Waals surface area contributed by atoms with Crippen LogP contribution < -0.4 is 15.8 Å². The minimum atomic E-state index is -0.434. The summed E-state index contributed by atoms with van der Waals surface area (Å²) in [5, 5.41) is 3.11. The fourth-order valence-electron chi connectivity index (χ4n) is 3.56. The zero-order valence-corrected chi connectivity index (χ0v) is 14.6. The molecule has 1 aliphatic carbocycles. The molecule has 2 atom stereocenters. The fraction of sp³-hybridized carbons (Fsp3) is 0.632. The van der Waals surface area contributed by atoms with E-state index >= 15 is 0 Å². The monoisotopic (exact) mass is 318 g/mol. The average Bonchev–Trinajstić information content (AvgIpc) is 3.08. The van der Waals surface area contributed by atoms with Gasteiger partial charge < -0.3 is 15.8 Å². The number of nitrogens with one attached hydrogen (secondary N) is 1. The number of ether oxygens (including phenoxy) is 1. The third-order valence-electron chi connectivity index (χ3n) is 5.40. The van der Waals surface area contributed by atoms with E-state index in [4.69, 9.17) is 10.5 Å². The number of amides is 1. The molecule has 1 amide bonds. The molecular formula is C19H30N2O2. The van der Waals surface area contributed by atoms with Crippen LogP contribution in [0.5, 0.6) is 5.75 Å². The summed E-state index contributed by atoms with van der Waals surface area (Å²) < 4.78 is 5.56. The summed E-state index contributed by atoms with van der Waals surface area (Å²) in [4.78, 5) is 12.4. The lowest BCUT2D eigenvalue weighted by Gasteiger charge is -2.32. The minimum Gasteiger partial charge on any atom is -0.496 e. The Morgan fingerprint density at radius 2 is 2.00 bits per heavy atom. The van der Waals surface area contributed by atoms with E-state index in [-0.39, 0.29) is 17.2 Å². The van der Waals surface area contributed by atoms with Crippen molar-refractivity contribution in [2.45, 2.75) is 57.4 Å². The van der Waals surface area contributed by atoms with Gasteiger partial charge in [-0.15, -0.1) is 0 Å². The second-order valence-electron chi connectivity index (χ2n) is 6.82. The molecule has 2 unspecified atom stereocenters. The zero-order valence-electron chi connectivity index (χ0n) is 14.6. The van der Waals surface area contributed by atoms with E-state index < -0.39 is 6.04 Å². The van der Waals surface area contributed by atoms with Crippen LogP contribution in [-0.4, -0.2) is 25.6 Å². The van der Waals surface area contributed by atoms with Crippen LogP contribution in [0.2, 0.25) is 0 Å². The first-order valence-electron chi connectivity index (χ1n) is 8.71. The van der Waals surface area contributed by atoms with Crippen molar-refractivity contribution in [3.05, 3.63) is 29.8 Å². The second-order valence-corrected chi connectivity index (χ2v) is 6.82. The normalized spacial score (nSPS) is 19.1. The Morgan fingerprint density at radius 3 is 2.61 bits per heavy atom. The van der Waals surface area contributed by atoms with E-state index in [1.54, 1.807) is 7.11 Å². The molecule has 0 saturated heterocycles. The highest BCUT2D eigenvalue weighted by Crippen LogP contribution is 2.44. The summed E-state index contributed by atoms with van der Waals surface area (Å²) in [5.41, 5.74) is 7.23. The predicted octanol–water partition coefficient (Wildman–Crippen LogP) is 3.00. The first-order valence-corrected chi connectivity index (χ1v) is 8.71. The van der Waals surface area contributed by atoms with Crippen molar-refractivity contribution in [2.24, 2.45) is 11.7 Å². The summed E-state index contributed by atoms with van der Waals surface area (Å²) >= 11 is 0.